The number of rotatable bonds is 5. The monoisotopic (exact) mass is 415 g/mol. The van der Waals surface area contributed by atoms with Crippen LogP contribution in [0.5, 0.6) is 0 Å². The molecule has 0 unspecified atom stereocenters. The summed E-state index contributed by atoms with van der Waals surface area (Å²) in [5.74, 6) is -0.120. The highest BCUT2D eigenvalue weighted by Gasteiger charge is 2.16. The van der Waals surface area contributed by atoms with Crippen molar-refractivity contribution < 1.29 is 4.79 Å². The largest absolute Gasteiger partial charge is 0.321 e. The number of halogens is 1. The fraction of sp³-hybridized carbons (Fsp3) is 0.316. The fourth-order valence-electron chi connectivity index (χ4n) is 2.88. The molecule has 26 heavy (non-hydrogen) atoms. The first-order valence-corrected chi connectivity index (χ1v) is 9.22. The summed E-state index contributed by atoms with van der Waals surface area (Å²) in [5, 5.41) is 11.8. The van der Waals surface area contributed by atoms with E-state index in [0.717, 1.165) is 27.2 Å². The molecule has 0 saturated carbocycles. The van der Waals surface area contributed by atoms with E-state index >= 15 is 0 Å². The Morgan fingerprint density at radius 2 is 1.85 bits per heavy atom. The lowest BCUT2D eigenvalue weighted by Gasteiger charge is -2.09. The van der Waals surface area contributed by atoms with Gasteiger partial charge in [-0.15, -0.1) is 0 Å². The molecule has 3 rings (SSSR count). The topological polar surface area (TPSA) is 64.7 Å². The maximum absolute atomic E-state index is 12.4. The highest BCUT2D eigenvalue weighted by atomic mass is 79.9. The van der Waals surface area contributed by atoms with Crippen molar-refractivity contribution in [3.8, 4) is 0 Å². The van der Waals surface area contributed by atoms with Crippen LogP contribution in [0.15, 0.2) is 34.9 Å². The number of aromatic nitrogens is 4. The first-order chi connectivity index (χ1) is 12.4. The van der Waals surface area contributed by atoms with Gasteiger partial charge in [0.15, 0.2) is 0 Å². The van der Waals surface area contributed by atoms with E-state index in [-0.39, 0.29) is 12.5 Å². The minimum Gasteiger partial charge on any atom is -0.321 e. The third kappa shape index (κ3) is 3.72. The molecule has 0 spiro atoms. The Morgan fingerprint density at radius 3 is 2.50 bits per heavy atom. The van der Waals surface area contributed by atoms with E-state index < -0.39 is 0 Å². The number of benzene rings is 1. The van der Waals surface area contributed by atoms with Gasteiger partial charge in [0.25, 0.3) is 0 Å². The maximum Gasteiger partial charge on any atom is 0.246 e. The van der Waals surface area contributed by atoms with Gasteiger partial charge in [0, 0.05) is 0 Å². The highest BCUT2D eigenvalue weighted by Crippen LogP contribution is 2.21. The standard InChI is InChI=1S/C19H22BrN5O/c1-12-7-5-6-8-16(12)10-25-15(4)19(13(2)23-25)22-18(26)11-24-14(3)17(20)9-21-24/h5-9H,10-11H2,1-4H3,(H,22,26). The number of nitrogens with one attached hydrogen (secondary N) is 1. The van der Waals surface area contributed by atoms with Crippen LogP contribution in [0, 0.1) is 27.7 Å². The zero-order valence-electron chi connectivity index (χ0n) is 15.4. The van der Waals surface area contributed by atoms with Gasteiger partial charge in [-0.05, 0) is 54.8 Å². The summed E-state index contributed by atoms with van der Waals surface area (Å²) >= 11 is 3.41. The summed E-state index contributed by atoms with van der Waals surface area (Å²) < 4.78 is 4.49. The highest BCUT2D eigenvalue weighted by molar-refractivity contribution is 9.10. The van der Waals surface area contributed by atoms with Gasteiger partial charge in [-0.1, -0.05) is 24.3 Å². The Balaban J connectivity index is 1.76. The summed E-state index contributed by atoms with van der Waals surface area (Å²) in [5.41, 5.74) is 5.88. The van der Waals surface area contributed by atoms with Gasteiger partial charge >= 0.3 is 0 Å². The van der Waals surface area contributed by atoms with E-state index in [1.54, 1.807) is 10.9 Å². The van der Waals surface area contributed by atoms with Crippen molar-refractivity contribution in [2.24, 2.45) is 0 Å². The molecule has 1 amide bonds. The molecule has 136 valence electrons. The van der Waals surface area contributed by atoms with Crippen molar-refractivity contribution in [2.75, 3.05) is 5.32 Å². The molecule has 0 atom stereocenters. The first kappa shape index (κ1) is 18.4. The molecule has 0 aliphatic carbocycles. The van der Waals surface area contributed by atoms with E-state index in [4.69, 9.17) is 0 Å². The average molecular weight is 416 g/mol. The molecule has 1 aromatic carbocycles. The Labute approximate surface area is 161 Å². The molecule has 0 aliphatic heterocycles. The van der Waals surface area contributed by atoms with Gasteiger partial charge in [0.2, 0.25) is 5.91 Å². The van der Waals surface area contributed by atoms with E-state index in [2.05, 4.69) is 50.5 Å². The number of amides is 1. The summed E-state index contributed by atoms with van der Waals surface area (Å²) in [4.78, 5) is 12.4. The van der Waals surface area contributed by atoms with E-state index in [1.807, 2.05) is 37.6 Å². The average Bonchev–Trinajstić information content (AvgIpc) is 3.05. The van der Waals surface area contributed by atoms with Crippen LogP contribution in [-0.2, 0) is 17.9 Å². The second-order valence-electron chi connectivity index (χ2n) is 6.41. The van der Waals surface area contributed by atoms with Gasteiger partial charge in [0.1, 0.15) is 6.54 Å². The quantitative estimate of drug-likeness (QED) is 0.689. The molecular formula is C19H22BrN5O. The molecule has 0 radical (unpaired) electrons. The normalized spacial score (nSPS) is 11.0. The van der Waals surface area contributed by atoms with Gasteiger partial charge in [-0.3, -0.25) is 14.2 Å². The summed E-state index contributed by atoms with van der Waals surface area (Å²) in [6.45, 7) is 8.74. The Morgan fingerprint density at radius 1 is 1.12 bits per heavy atom. The molecular weight excluding hydrogens is 394 g/mol. The van der Waals surface area contributed by atoms with Crippen LogP contribution in [0.4, 0.5) is 5.69 Å². The fourth-order valence-corrected chi connectivity index (χ4v) is 3.17. The summed E-state index contributed by atoms with van der Waals surface area (Å²) in [6.07, 6.45) is 1.69. The Bertz CT molecular complexity index is 957. The molecule has 3 aromatic rings. The number of hydrogen-bond donors (Lipinski definition) is 1. The maximum atomic E-state index is 12.4. The second-order valence-corrected chi connectivity index (χ2v) is 7.27. The molecule has 2 heterocycles. The Kier molecular flexibility index (Phi) is 5.27. The number of nitrogens with zero attached hydrogens (tertiary/aromatic N) is 4. The number of carbonyl (C=O) groups excluding carboxylic acids is 1. The van der Waals surface area contributed by atoms with Crippen LogP contribution in [0.3, 0.4) is 0 Å². The molecule has 7 heteroatoms. The number of carbonyl (C=O) groups is 1. The van der Waals surface area contributed by atoms with Crippen molar-refractivity contribution in [1.82, 2.24) is 19.6 Å². The van der Waals surface area contributed by atoms with Crippen LogP contribution in [0.2, 0.25) is 0 Å². The third-order valence-corrected chi connectivity index (χ3v) is 5.34. The molecule has 1 N–H and O–H groups in total. The van der Waals surface area contributed by atoms with E-state index in [9.17, 15) is 4.79 Å². The number of aryl methyl sites for hydroxylation is 2. The lowest BCUT2D eigenvalue weighted by molar-refractivity contribution is -0.116. The minimum atomic E-state index is -0.120. The Hall–Kier alpha value is -2.41. The molecule has 2 aromatic heterocycles. The van der Waals surface area contributed by atoms with Gasteiger partial charge in [0.05, 0.1) is 40.0 Å². The molecule has 0 aliphatic rings. The van der Waals surface area contributed by atoms with Crippen molar-refractivity contribution in [3.63, 3.8) is 0 Å². The zero-order valence-corrected chi connectivity index (χ0v) is 17.0. The second kappa shape index (κ2) is 7.45. The first-order valence-electron chi connectivity index (χ1n) is 8.43. The van der Waals surface area contributed by atoms with Gasteiger partial charge in [-0.2, -0.15) is 10.2 Å². The molecule has 0 saturated heterocycles. The molecule has 6 nitrogen and oxygen atoms in total. The SMILES string of the molecule is Cc1ccccc1Cn1nc(C)c(NC(=O)Cn2ncc(Br)c2C)c1C. The smallest absolute Gasteiger partial charge is 0.246 e. The number of anilines is 1. The summed E-state index contributed by atoms with van der Waals surface area (Å²) in [7, 11) is 0. The van der Waals surface area contributed by atoms with E-state index in [1.165, 1.54) is 11.1 Å². The van der Waals surface area contributed by atoms with Gasteiger partial charge in [-0.25, -0.2) is 0 Å². The van der Waals surface area contributed by atoms with Crippen molar-refractivity contribution in [3.05, 3.63) is 63.1 Å². The van der Waals surface area contributed by atoms with Gasteiger partial charge < -0.3 is 5.32 Å². The molecule has 0 bridgehead atoms. The van der Waals surface area contributed by atoms with Crippen molar-refractivity contribution >= 4 is 27.5 Å². The van der Waals surface area contributed by atoms with Crippen molar-refractivity contribution in [2.45, 2.75) is 40.8 Å². The number of hydrogen-bond acceptors (Lipinski definition) is 3. The third-order valence-electron chi connectivity index (χ3n) is 4.56. The lowest BCUT2D eigenvalue weighted by atomic mass is 10.1. The predicted molar refractivity (Wildman–Crippen MR) is 105 cm³/mol. The van der Waals surface area contributed by atoms with Crippen LogP contribution >= 0.6 is 15.9 Å². The van der Waals surface area contributed by atoms with Crippen LogP contribution in [0.1, 0.15) is 28.2 Å². The van der Waals surface area contributed by atoms with Crippen LogP contribution in [-0.4, -0.2) is 25.5 Å². The zero-order chi connectivity index (χ0) is 18.8. The van der Waals surface area contributed by atoms with Crippen LogP contribution < -0.4 is 5.32 Å². The summed E-state index contributed by atoms with van der Waals surface area (Å²) in [6, 6.07) is 8.25. The predicted octanol–water partition coefficient (Wildman–Crippen LogP) is 3.76. The van der Waals surface area contributed by atoms with Crippen molar-refractivity contribution in [1.29, 1.82) is 0 Å². The molecule has 0 fully saturated rings. The minimum absolute atomic E-state index is 0.120. The van der Waals surface area contributed by atoms with Crippen LogP contribution in [0.25, 0.3) is 0 Å². The van der Waals surface area contributed by atoms with E-state index in [0.29, 0.717) is 6.54 Å². The lowest BCUT2D eigenvalue weighted by Crippen LogP contribution is -2.21.